The van der Waals surface area contributed by atoms with Crippen LogP contribution in [0.3, 0.4) is 0 Å². The van der Waals surface area contributed by atoms with E-state index in [2.05, 4.69) is 0 Å². The monoisotopic (exact) mass is 329 g/mol. The Morgan fingerprint density at radius 3 is 2.41 bits per heavy atom. The SMILES string of the molecule is CCOC(OCC)[SiH2]CCCN.O=C(O)C1C=CC=CC1=O. The van der Waals surface area contributed by atoms with Gasteiger partial charge in [-0.3, -0.25) is 9.59 Å². The topological polar surface area (TPSA) is 98.8 Å². The first-order chi connectivity index (χ1) is 10.6. The van der Waals surface area contributed by atoms with Gasteiger partial charge in [0, 0.05) is 13.2 Å². The lowest BCUT2D eigenvalue weighted by molar-refractivity contribution is -0.143. The molecule has 7 heteroatoms. The van der Waals surface area contributed by atoms with Crippen LogP contribution in [0.15, 0.2) is 24.3 Å². The smallest absolute Gasteiger partial charge is 0.318 e. The largest absolute Gasteiger partial charge is 0.480 e. The standard InChI is InChI=1S/C8H21NO2Si.C7H6O3/c1-3-10-8(11-4-2)12-7-5-6-9;8-6-4-2-1-3-5(6)7(9)10/h8H,3-7,9,12H2,1-2H3;1-5H,(H,9,10). The molecule has 0 spiro atoms. The van der Waals surface area contributed by atoms with E-state index in [9.17, 15) is 9.59 Å². The van der Waals surface area contributed by atoms with Crippen molar-refractivity contribution in [3.05, 3.63) is 24.3 Å². The first-order valence-electron chi connectivity index (χ1n) is 7.61. The van der Waals surface area contributed by atoms with E-state index in [0.29, 0.717) is 0 Å². The van der Waals surface area contributed by atoms with Crippen molar-refractivity contribution in [2.45, 2.75) is 32.2 Å². The van der Waals surface area contributed by atoms with E-state index < -0.39 is 11.9 Å². The van der Waals surface area contributed by atoms with Gasteiger partial charge in [0.05, 0.1) is 9.52 Å². The summed E-state index contributed by atoms with van der Waals surface area (Å²) in [5.41, 5.74) is 5.40. The van der Waals surface area contributed by atoms with Crippen molar-refractivity contribution in [2.75, 3.05) is 19.8 Å². The molecular weight excluding hydrogens is 302 g/mol. The molecule has 3 N–H and O–H groups in total. The van der Waals surface area contributed by atoms with Gasteiger partial charge in [0.2, 0.25) is 0 Å². The minimum Gasteiger partial charge on any atom is -0.480 e. The maximum atomic E-state index is 10.7. The van der Waals surface area contributed by atoms with Gasteiger partial charge in [-0.2, -0.15) is 0 Å². The highest BCUT2D eigenvalue weighted by molar-refractivity contribution is 6.36. The lowest BCUT2D eigenvalue weighted by Crippen LogP contribution is -2.24. The van der Waals surface area contributed by atoms with Gasteiger partial charge >= 0.3 is 5.97 Å². The Morgan fingerprint density at radius 2 is 2.00 bits per heavy atom. The fourth-order valence-corrected chi connectivity index (χ4v) is 3.49. The zero-order valence-corrected chi connectivity index (χ0v) is 14.8. The van der Waals surface area contributed by atoms with E-state index in [-0.39, 0.29) is 21.2 Å². The van der Waals surface area contributed by atoms with Crippen molar-refractivity contribution < 1.29 is 24.2 Å². The Morgan fingerprint density at radius 1 is 1.36 bits per heavy atom. The molecule has 1 aliphatic carbocycles. The van der Waals surface area contributed by atoms with Gasteiger partial charge in [0.15, 0.2) is 5.78 Å². The molecule has 1 rings (SSSR count). The van der Waals surface area contributed by atoms with Gasteiger partial charge in [-0.15, -0.1) is 0 Å². The summed E-state index contributed by atoms with van der Waals surface area (Å²) in [5, 5.41) is 8.40. The first kappa shape index (κ1) is 20.7. The molecule has 0 amide bonds. The Hall–Kier alpha value is -1.28. The van der Waals surface area contributed by atoms with Gasteiger partial charge in [-0.25, -0.2) is 0 Å². The molecule has 0 aromatic heterocycles. The molecule has 1 unspecified atom stereocenters. The van der Waals surface area contributed by atoms with Crippen molar-refractivity contribution in [1.82, 2.24) is 0 Å². The zero-order chi connectivity index (χ0) is 16.8. The van der Waals surface area contributed by atoms with Crippen LogP contribution in [-0.4, -0.2) is 52.1 Å². The maximum Gasteiger partial charge on any atom is 0.318 e. The number of allylic oxidation sites excluding steroid dienone is 3. The molecule has 0 bridgehead atoms. The number of carbonyl (C=O) groups is 2. The van der Waals surface area contributed by atoms with Crippen molar-refractivity contribution >= 4 is 21.3 Å². The molecule has 0 saturated heterocycles. The lowest BCUT2D eigenvalue weighted by atomic mass is 10.0. The van der Waals surface area contributed by atoms with E-state index in [1.54, 1.807) is 6.08 Å². The Balaban J connectivity index is 0.000000406. The second-order valence-electron chi connectivity index (χ2n) is 4.59. The minimum absolute atomic E-state index is 0.117. The van der Waals surface area contributed by atoms with Crippen molar-refractivity contribution in [3.63, 3.8) is 0 Å². The highest BCUT2D eigenvalue weighted by Crippen LogP contribution is 2.06. The van der Waals surface area contributed by atoms with Gasteiger partial charge in [0.1, 0.15) is 11.8 Å². The van der Waals surface area contributed by atoms with Crippen LogP contribution in [0.4, 0.5) is 0 Å². The van der Waals surface area contributed by atoms with Crippen LogP contribution in [0.5, 0.6) is 0 Å². The predicted octanol–water partition coefficient (Wildman–Crippen LogP) is 0.661. The molecule has 0 saturated carbocycles. The summed E-state index contributed by atoms with van der Waals surface area (Å²) >= 11 is 0. The van der Waals surface area contributed by atoms with Gasteiger partial charge < -0.3 is 20.3 Å². The summed E-state index contributed by atoms with van der Waals surface area (Å²) in [5.74, 6) is -2.31. The average molecular weight is 329 g/mol. The van der Waals surface area contributed by atoms with Crippen LogP contribution >= 0.6 is 0 Å². The van der Waals surface area contributed by atoms with Gasteiger partial charge in [0.25, 0.3) is 0 Å². The number of carboxylic acids is 1. The normalized spacial score (nSPS) is 17.1. The van der Waals surface area contributed by atoms with Crippen LogP contribution in [0.1, 0.15) is 20.3 Å². The minimum atomic E-state index is -1.09. The fourth-order valence-electron chi connectivity index (χ4n) is 1.77. The van der Waals surface area contributed by atoms with Crippen molar-refractivity contribution in [1.29, 1.82) is 0 Å². The summed E-state index contributed by atoms with van der Waals surface area (Å²) in [4.78, 5) is 21.0. The predicted molar refractivity (Wildman–Crippen MR) is 88.5 cm³/mol. The van der Waals surface area contributed by atoms with Gasteiger partial charge in [-0.1, -0.05) is 24.3 Å². The number of ether oxygens (including phenoxy) is 2. The number of hydrogen-bond acceptors (Lipinski definition) is 5. The van der Waals surface area contributed by atoms with E-state index in [4.69, 9.17) is 20.3 Å². The molecule has 0 aromatic rings. The van der Waals surface area contributed by atoms with E-state index in [1.165, 1.54) is 24.3 Å². The van der Waals surface area contributed by atoms with Crippen LogP contribution in [0.25, 0.3) is 0 Å². The van der Waals surface area contributed by atoms with Crippen LogP contribution < -0.4 is 5.73 Å². The Labute approximate surface area is 134 Å². The quantitative estimate of drug-likeness (QED) is 0.279. The molecule has 126 valence electrons. The number of carboxylic acid groups (broad SMARTS) is 1. The van der Waals surface area contributed by atoms with Crippen molar-refractivity contribution in [2.24, 2.45) is 11.7 Å². The van der Waals surface area contributed by atoms with E-state index in [0.717, 1.165) is 26.2 Å². The van der Waals surface area contributed by atoms with Gasteiger partial charge in [-0.05, 0) is 32.9 Å². The third-order valence-corrected chi connectivity index (χ3v) is 4.70. The molecule has 22 heavy (non-hydrogen) atoms. The highest BCUT2D eigenvalue weighted by Gasteiger charge is 2.21. The summed E-state index contributed by atoms with van der Waals surface area (Å²) in [7, 11) is -0.232. The Bertz CT molecular complexity index is 378. The molecule has 0 aliphatic heterocycles. The fraction of sp³-hybridized carbons (Fsp3) is 0.600. The number of hydrogen-bond donors (Lipinski definition) is 2. The second kappa shape index (κ2) is 13.4. The highest BCUT2D eigenvalue weighted by atomic mass is 28.2. The van der Waals surface area contributed by atoms with Crippen LogP contribution in [0, 0.1) is 5.92 Å². The van der Waals surface area contributed by atoms with E-state index in [1.807, 2.05) is 13.8 Å². The summed E-state index contributed by atoms with van der Waals surface area (Å²) < 4.78 is 10.9. The van der Waals surface area contributed by atoms with Crippen LogP contribution in [-0.2, 0) is 19.1 Å². The number of carbonyl (C=O) groups excluding carboxylic acids is 1. The van der Waals surface area contributed by atoms with Crippen LogP contribution in [0.2, 0.25) is 6.04 Å². The lowest BCUT2D eigenvalue weighted by Gasteiger charge is -2.15. The molecular formula is C15H27NO5Si. The summed E-state index contributed by atoms with van der Waals surface area (Å²) in [6.45, 7) is 6.30. The number of rotatable bonds is 9. The van der Waals surface area contributed by atoms with Crippen molar-refractivity contribution in [3.8, 4) is 0 Å². The second-order valence-corrected chi connectivity index (χ2v) is 6.54. The molecule has 0 aromatic carbocycles. The number of nitrogens with two attached hydrogens (primary N) is 1. The molecule has 6 nitrogen and oxygen atoms in total. The Kier molecular flexibility index (Phi) is 12.6. The zero-order valence-electron chi connectivity index (χ0n) is 13.4. The molecule has 1 aliphatic rings. The number of ketones is 1. The molecule has 0 radical (unpaired) electrons. The average Bonchev–Trinajstić information content (AvgIpc) is 2.49. The third kappa shape index (κ3) is 9.62. The third-order valence-electron chi connectivity index (χ3n) is 2.85. The summed E-state index contributed by atoms with van der Waals surface area (Å²) in [6, 6.07) is 1.22. The maximum absolute atomic E-state index is 10.7. The molecule has 1 atom stereocenters. The first-order valence-corrected chi connectivity index (χ1v) is 9.43. The summed E-state index contributed by atoms with van der Waals surface area (Å²) in [6.07, 6.45) is 6.83. The number of aliphatic carboxylic acids is 1. The molecule has 0 heterocycles. The molecule has 0 fully saturated rings. The van der Waals surface area contributed by atoms with E-state index >= 15 is 0 Å².